The van der Waals surface area contributed by atoms with E-state index in [-0.39, 0.29) is 11.0 Å². The van der Waals surface area contributed by atoms with E-state index >= 15 is 0 Å². The molecule has 0 aliphatic rings. The highest BCUT2D eigenvalue weighted by atomic mass is 28.1. The smallest absolute Gasteiger partial charge is 0.101 e. The number of benzene rings is 3. The van der Waals surface area contributed by atoms with Gasteiger partial charge in [0.2, 0.25) is 0 Å². The molecule has 0 saturated heterocycles. The second-order valence-corrected chi connectivity index (χ2v) is 4.12. The average molecular weight is 288 g/mol. The van der Waals surface area contributed by atoms with E-state index in [1.54, 1.807) is 24.3 Å². The zero-order valence-electron chi connectivity index (χ0n) is 10.8. The quantitative estimate of drug-likeness (QED) is 0.597. The van der Waals surface area contributed by atoms with E-state index in [9.17, 15) is 0 Å². The minimum atomic E-state index is 0. The lowest BCUT2D eigenvalue weighted by Crippen LogP contribution is -1.79. The van der Waals surface area contributed by atoms with Crippen molar-refractivity contribution in [3.05, 3.63) is 83.9 Å². The number of nitriles is 2. The molecule has 0 spiro atoms. The number of fused-ring (bicyclic) bond motifs is 1. The van der Waals surface area contributed by atoms with Gasteiger partial charge >= 0.3 is 0 Å². The molecule has 3 rings (SSSR count). The van der Waals surface area contributed by atoms with Crippen LogP contribution in [0.25, 0.3) is 10.8 Å². The van der Waals surface area contributed by atoms with Crippen LogP contribution in [0, 0.1) is 22.7 Å². The molecule has 3 aromatic rings. The molecule has 0 bridgehead atoms. The minimum Gasteiger partial charge on any atom is -0.192 e. The second-order valence-electron chi connectivity index (χ2n) is 4.12. The first-order chi connectivity index (χ1) is 9.85. The molecule has 0 heterocycles. The summed E-state index contributed by atoms with van der Waals surface area (Å²) in [5, 5.41) is 19.5. The highest BCUT2D eigenvalue weighted by Gasteiger charge is 1.95. The fourth-order valence-electron chi connectivity index (χ4n) is 1.81. The Kier molecular flexibility index (Phi) is 6.41. The van der Waals surface area contributed by atoms with Crippen LogP contribution in [0.2, 0.25) is 0 Å². The molecule has 102 valence electrons. The van der Waals surface area contributed by atoms with Crippen LogP contribution in [0.3, 0.4) is 0 Å². The molecule has 0 aliphatic heterocycles. The van der Waals surface area contributed by atoms with Crippen molar-refractivity contribution in [3.63, 3.8) is 0 Å². The molecule has 0 N–H and O–H groups in total. The summed E-state index contributed by atoms with van der Waals surface area (Å²) in [6.45, 7) is 0. The summed E-state index contributed by atoms with van der Waals surface area (Å²) in [7, 11) is 0. The van der Waals surface area contributed by atoms with Crippen molar-refractivity contribution in [1.29, 1.82) is 10.5 Å². The van der Waals surface area contributed by atoms with Gasteiger partial charge in [-0.25, -0.2) is 0 Å². The fraction of sp³-hybridized carbons (Fsp3) is 0. The van der Waals surface area contributed by atoms with E-state index in [1.165, 1.54) is 10.8 Å². The standard InChI is InChI=1S/C10H8.C8H4N2.H4Si/c1-2-6-10-8-4-3-7-9(10)5-1;9-5-7-3-1-2-4-8(7)6-10;/h1-8H;1-4H;1H4. The first-order valence-electron chi connectivity index (χ1n) is 6.18. The number of hydrogen-bond acceptors (Lipinski definition) is 2. The van der Waals surface area contributed by atoms with Gasteiger partial charge in [-0.2, -0.15) is 10.5 Å². The summed E-state index contributed by atoms with van der Waals surface area (Å²) in [6.07, 6.45) is 0. The largest absolute Gasteiger partial charge is 0.192 e. The summed E-state index contributed by atoms with van der Waals surface area (Å²) in [5.74, 6) is 0. The zero-order chi connectivity index (χ0) is 14.2. The van der Waals surface area contributed by atoms with Gasteiger partial charge in [-0.1, -0.05) is 60.7 Å². The van der Waals surface area contributed by atoms with Crippen LogP contribution in [0.1, 0.15) is 11.1 Å². The Hall–Kier alpha value is -2.88. The van der Waals surface area contributed by atoms with E-state index in [2.05, 4.69) is 48.5 Å². The summed E-state index contributed by atoms with van der Waals surface area (Å²) >= 11 is 0. The highest BCUT2D eigenvalue weighted by molar-refractivity contribution is 5.82. The Morgan fingerprint density at radius 2 is 0.810 bits per heavy atom. The van der Waals surface area contributed by atoms with E-state index in [0.717, 1.165) is 0 Å². The van der Waals surface area contributed by atoms with E-state index in [4.69, 9.17) is 10.5 Å². The Balaban J connectivity index is 0.000000200. The maximum Gasteiger partial charge on any atom is 0.101 e. The molecule has 0 aliphatic carbocycles. The molecule has 0 aromatic heterocycles. The van der Waals surface area contributed by atoms with Crippen molar-refractivity contribution < 1.29 is 0 Å². The maximum absolute atomic E-state index is 8.45. The van der Waals surface area contributed by atoms with Crippen LogP contribution in [0.5, 0.6) is 0 Å². The van der Waals surface area contributed by atoms with E-state index in [1.807, 2.05) is 12.1 Å². The summed E-state index contributed by atoms with van der Waals surface area (Å²) < 4.78 is 0. The fourth-order valence-corrected chi connectivity index (χ4v) is 1.81. The lowest BCUT2D eigenvalue weighted by atomic mass is 10.1. The van der Waals surface area contributed by atoms with Gasteiger partial charge in [0.1, 0.15) is 12.1 Å². The Morgan fingerprint density at radius 1 is 0.524 bits per heavy atom. The van der Waals surface area contributed by atoms with Crippen molar-refractivity contribution in [2.75, 3.05) is 0 Å². The molecular formula is C18H16N2Si. The van der Waals surface area contributed by atoms with E-state index in [0.29, 0.717) is 11.1 Å². The van der Waals surface area contributed by atoms with Crippen LogP contribution < -0.4 is 0 Å². The van der Waals surface area contributed by atoms with Crippen LogP contribution in [-0.2, 0) is 0 Å². The number of nitrogens with zero attached hydrogens (tertiary/aromatic N) is 2. The zero-order valence-corrected chi connectivity index (χ0v) is 10.8. The molecule has 0 atom stereocenters. The van der Waals surface area contributed by atoms with Crippen molar-refractivity contribution in [2.24, 2.45) is 0 Å². The molecule has 3 heteroatoms. The SMILES string of the molecule is N#Cc1ccccc1C#N.[SiH4].c1ccc2ccccc2c1. The Morgan fingerprint density at radius 3 is 1.10 bits per heavy atom. The summed E-state index contributed by atoms with van der Waals surface area (Å²) in [6, 6.07) is 27.3. The molecule has 0 radical (unpaired) electrons. The number of hydrogen-bond donors (Lipinski definition) is 0. The molecule has 2 nitrogen and oxygen atoms in total. The highest BCUT2D eigenvalue weighted by Crippen LogP contribution is 2.11. The molecule has 0 fully saturated rings. The predicted molar refractivity (Wildman–Crippen MR) is 91.2 cm³/mol. The molecule has 0 unspecified atom stereocenters. The van der Waals surface area contributed by atoms with Crippen LogP contribution >= 0.6 is 0 Å². The van der Waals surface area contributed by atoms with Crippen LogP contribution in [0.15, 0.2) is 72.8 Å². The third-order valence-electron chi connectivity index (χ3n) is 2.83. The van der Waals surface area contributed by atoms with Gasteiger partial charge in [0.05, 0.1) is 11.1 Å². The van der Waals surface area contributed by atoms with Crippen molar-refractivity contribution in [3.8, 4) is 12.1 Å². The van der Waals surface area contributed by atoms with Crippen LogP contribution in [0.4, 0.5) is 0 Å². The van der Waals surface area contributed by atoms with Gasteiger partial charge in [0.25, 0.3) is 0 Å². The summed E-state index contributed by atoms with van der Waals surface area (Å²) in [5.41, 5.74) is 0.870. The molecule has 21 heavy (non-hydrogen) atoms. The van der Waals surface area contributed by atoms with Gasteiger partial charge in [-0.05, 0) is 33.9 Å². The lowest BCUT2D eigenvalue weighted by molar-refractivity contribution is 1.43. The van der Waals surface area contributed by atoms with E-state index < -0.39 is 0 Å². The second kappa shape index (κ2) is 8.32. The Bertz CT molecular complexity index is 699. The normalized spacial score (nSPS) is 8.48. The summed E-state index contributed by atoms with van der Waals surface area (Å²) in [4.78, 5) is 0. The number of rotatable bonds is 0. The van der Waals surface area contributed by atoms with Crippen molar-refractivity contribution in [2.45, 2.75) is 0 Å². The topological polar surface area (TPSA) is 47.6 Å². The van der Waals surface area contributed by atoms with Gasteiger partial charge in [0, 0.05) is 0 Å². The maximum atomic E-state index is 8.45. The minimum absolute atomic E-state index is 0. The first-order valence-corrected chi connectivity index (χ1v) is 6.18. The van der Waals surface area contributed by atoms with Gasteiger partial charge < -0.3 is 0 Å². The Labute approximate surface area is 128 Å². The molecular weight excluding hydrogens is 272 g/mol. The van der Waals surface area contributed by atoms with Gasteiger partial charge in [-0.3, -0.25) is 0 Å². The molecule has 3 aromatic carbocycles. The van der Waals surface area contributed by atoms with Gasteiger partial charge in [-0.15, -0.1) is 0 Å². The lowest BCUT2D eigenvalue weighted by Gasteiger charge is -1.92. The van der Waals surface area contributed by atoms with Gasteiger partial charge in [0.15, 0.2) is 0 Å². The molecule has 0 amide bonds. The van der Waals surface area contributed by atoms with Crippen LogP contribution in [-0.4, -0.2) is 11.0 Å². The molecule has 0 saturated carbocycles. The van der Waals surface area contributed by atoms with Crippen molar-refractivity contribution in [1.82, 2.24) is 0 Å². The average Bonchev–Trinajstić information content (AvgIpc) is 2.55. The van der Waals surface area contributed by atoms with Crippen molar-refractivity contribution >= 4 is 21.7 Å². The third-order valence-corrected chi connectivity index (χ3v) is 2.83. The first kappa shape index (κ1) is 16.2. The predicted octanol–water partition coefficient (Wildman–Crippen LogP) is 2.82. The third kappa shape index (κ3) is 4.31. The monoisotopic (exact) mass is 288 g/mol.